The van der Waals surface area contributed by atoms with Crippen LogP contribution in [0.25, 0.3) is 10.8 Å². The highest BCUT2D eigenvalue weighted by Crippen LogP contribution is 2.30. The lowest BCUT2D eigenvalue weighted by atomic mass is 10.1. The summed E-state index contributed by atoms with van der Waals surface area (Å²) >= 11 is 0. The second-order valence-electron chi connectivity index (χ2n) is 5.86. The van der Waals surface area contributed by atoms with Crippen molar-refractivity contribution in [1.82, 2.24) is 10.0 Å². The molecule has 2 N–H and O–H groups in total. The van der Waals surface area contributed by atoms with E-state index in [1.54, 1.807) is 19.2 Å². The van der Waals surface area contributed by atoms with Gasteiger partial charge >= 0.3 is 0 Å². The maximum atomic E-state index is 12.7. The third-order valence-electron chi connectivity index (χ3n) is 4.36. The van der Waals surface area contributed by atoms with Crippen molar-refractivity contribution in [2.24, 2.45) is 5.92 Å². The molecule has 0 bridgehead atoms. The Morgan fingerprint density at radius 1 is 1.21 bits per heavy atom. The third kappa shape index (κ3) is 4.00. The number of benzene rings is 2. The van der Waals surface area contributed by atoms with E-state index in [4.69, 9.17) is 4.74 Å². The van der Waals surface area contributed by atoms with Crippen LogP contribution in [0.2, 0.25) is 0 Å². The van der Waals surface area contributed by atoms with E-state index in [0.29, 0.717) is 28.5 Å². The number of sulfonamides is 1. The zero-order chi connectivity index (χ0) is 16.3. The van der Waals surface area contributed by atoms with Crippen molar-refractivity contribution in [3.05, 3.63) is 36.4 Å². The summed E-state index contributed by atoms with van der Waals surface area (Å²) < 4.78 is 33.4. The van der Waals surface area contributed by atoms with E-state index >= 15 is 0 Å². The molecule has 1 aliphatic heterocycles. The smallest absolute Gasteiger partial charge is 0.241 e. The first-order valence-corrected chi connectivity index (χ1v) is 9.36. The molecule has 3 rings (SSSR count). The Kier molecular flexibility index (Phi) is 6.46. The zero-order valence-corrected chi connectivity index (χ0v) is 15.3. The molecule has 0 amide bonds. The van der Waals surface area contributed by atoms with Crippen LogP contribution in [0.5, 0.6) is 5.75 Å². The van der Waals surface area contributed by atoms with Gasteiger partial charge in [0.2, 0.25) is 10.0 Å². The summed E-state index contributed by atoms with van der Waals surface area (Å²) in [6.45, 7) is 2.47. The normalized spacial score (nSPS) is 17.6. The summed E-state index contributed by atoms with van der Waals surface area (Å²) in [4.78, 5) is 0.304. The Bertz CT molecular complexity index is 790. The summed E-state index contributed by atoms with van der Waals surface area (Å²) in [7, 11) is -1.94. The highest BCUT2D eigenvalue weighted by molar-refractivity contribution is 7.89. The van der Waals surface area contributed by atoms with E-state index in [1.165, 1.54) is 0 Å². The van der Waals surface area contributed by atoms with Crippen LogP contribution >= 0.6 is 12.4 Å². The minimum absolute atomic E-state index is 0. The van der Waals surface area contributed by atoms with Crippen molar-refractivity contribution in [2.45, 2.75) is 17.7 Å². The molecule has 2 aromatic rings. The van der Waals surface area contributed by atoms with Gasteiger partial charge in [0, 0.05) is 17.3 Å². The average Bonchev–Trinajstić information content (AvgIpc) is 3.07. The number of methoxy groups -OCH3 is 1. The van der Waals surface area contributed by atoms with E-state index in [1.807, 2.05) is 24.3 Å². The molecule has 132 valence electrons. The molecular formula is C17H23ClN2O3S. The Labute approximate surface area is 149 Å². The van der Waals surface area contributed by atoms with Crippen LogP contribution in [0.15, 0.2) is 41.3 Å². The van der Waals surface area contributed by atoms with Gasteiger partial charge in [-0.2, -0.15) is 0 Å². The molecule has 0 aliphatic carbocycles. The van der Waals surface area contributed by atoms with Gasteiger partial charge in [0.25, 0.3) is 0 Å². The molecule has 1 fully saturated rings. The molecule has 1 aliphatic rings. The molecule has 1 atom stereocenters. The Morgan fingerprint density at radius 2 is 1.96 bits per heavy atom. The Balaban J connectivity index is 0.00000208. The predicted octanol–water partition coefficient (Wildman–Crippen LogP) is 2.55. The molecule has 1 unspecified atom stereocenters. The first kappa shape index (κ1) is 19.0. The van der Waals surface area contributed by atoms with E-state index in [-0.39, 0.29) is 12.4 Å². The third-order valence-corrected chi connectivity index (χ3v) is 5.88. The summed E-state index contributed by atoms with van der Waals surface area (Å²) in [6.07, 6.45) is 1.98. The molecule has 0 aromatic heterocycles. The van der Waals surface area contributed by atoms with Crippen LogP contribution in [0.4, 0.5) is 0 Å². The van der Waals surface area contributed by atoms with Gasteiger partial charge in [-0.1, -0.05) is 24.3 Å². The molecule has 1 heterocycles. The van der Waals surface area contributed by atoms with Gasteiger partial charge in [-0.25, -0.2) is 13.1 Å². The van der Waals surface area contributed by atoms with Crippen LogP contribution in [-0.4, -0.2) is 35.2 Å². The van der Waals surface area contributed by atoms with Gasteiger partial charge in [0.1, 0.15) is 5.75 Å². The number of ether oxygens (including phenoxy) is 1. The molecule has 0 saturated carbocycles. The minimum atomic E-state index is -3.53. The van der Waals surface area contributed by atoms with Crippen LogP contribution in [0.1, 0.15) is 12.8 Å². The maximum Gasteiger partial charge on any atom is 0.241 e. The van der Waals surface area contributed by atoms with E-state index in [0.717, 1.165) is 31.3 Å². The van der Waals surface area contributed by atoms with Crippen molar-refractivity contribution < 1.29 is 13.2 Å². The first-order valence-electron chi connectivity index (χ1n) is 7.88. The fraction of sp³-hybridized carbons (Fsp3) is 0.412. The molecule has 24 heavy (non-hydrogen) atoms. The van der Waals surface area contributed by atoms with Gasteiger partial charge in [-0.05, 0) is 44.0 Å². The standard InChI is InChI=1S/C17H22N2O3S.ClH/c1-22-16-6-7-17(15-5-3-2-4-14(15)16)23(20,21)19-11-9-13-8-10-18-12-13;/h2-7,13,18-19H,8-12H2,1H3;1H. The van der Waals surface area contributed by atoms with Crippen molar-refractivity contribution in [1.29, 1.82) is 0 Å². The van der Waals surface area contributed by atoms with Gasteiger partial charge in [0.15, 0.2) is 0 Å². The summed E-state index contributed by atoms with van der Waals surface area (Å²) in [5.41, 5.74) is 0. The van der Waals surface area contributed by atoms with E-state index in [9.17, 15) is 8.42 Å². The van der Waals surface area contributed by atoms with Crippen LogP contribution in [0, 0.1) is 5.92 Å². The number of hydrogen-bond donors (Lipinski definition) is 2. The quantitative estimate of drug-likeness (QED) is 0.820. The summed E-state index contributed by atoms with van der Waals surface area (Å²) in [5, 5.41) is 4.78. The van der Waals surface area contributed by atoms with Crippen molar-refractivity contribution >= 4 is 33.2 Å². The molecule has 0 radical (unpaired) electrons. The summed E-state index contributed by atoms with van der Waals surface area (Å²) in [5.74, 6) is 1.24. The minimum Gasteiger partial charge on any atom is -0.496 e. The number of hydrogen-bond acceptors (Lipinski definition) is 4. The lowest BCUT2D eigenvalue weighted by Crippen LogP contribution is -2.26. The topological polar surface area (TPSA) is 67.4 Å². The second-order valence-corrected chi connectivity index (χ2v) is 7.59. The van der Waals surface area contributed by atoms with Gasteiger partial charge < -0.3 is 10.1 Å². The highest BCUT2D eigenvalue weighted by Gasteiger charge is 2.20. The molecule has 5 nitrogen and oxygen atoms in total. The van der Waals surface area contributed by atoms with Crippen molar-refractivity contribution in [3.63, 3.8) is 0 Å². The van der Waals surface area contributed by atoms with Crippen LogP contribution < -0.4 is 14.8 Å². The fourth-order valence-electron chi connectivity index (χ4n) is 3.09. The van der Waals surface area contributed by atoms with Crippen molar-refractivity contribution in [2.75, 3.05) is 26.7 Å². The van der Waals surface area contributed by atoms with Crippen LogP contribution in [-0.2, 0) is 10.0 Å². The van der Waals surface area contributed by atoms with Gasteiger partial charge in [0.05, 0.1) is 12.0 Å². The van der Waals surface area contributed by atoms with Gasteiger partial charge in [-0.15, -0.1) is 12.4 Å². The fourth-order valence-corrected chi connectivity index (χ4v) is 4.35. The highest BCUT2D eigenvalue weighted by atomic mass is 35.5. The van der Waals surface area contributed by atoms with Crippen LogP contribution in [0.3, 0.4) is 0 Å². The zero-order valence-electron chi connectivity index (χ0n) is 13.6. The first-order chi connectivity index (χ1) is 11.1. The molecule has 2 aromatic carbocycles. The number of nitrogens with one attached hydrogen (secondary N) is 2. The second kappa shape index (κ2) is 8.16. The molecule has 0 spiro atoms. The number of rotatable bonds is 6. The molecular weight excluding hydrogens is 348 g/mol. The van der Waals surface area contributed by atoms with E-state index in [2.05, 4.69) is 10.0 Å². The van der Waals surface area contributed by atoms with Gasteiger partial charge in [-0.3, -0.25) is 0 Å². The Morgan fingerprint density at radius 3 is 2.62 bits per heavy atom. The van der Waals surface area contributed by atoms with Crippen molar-refractivity contribution in [3.8, 4) is 5.75 Å². The average molecular weight is 371 g/mol. The lowest BCUT2D eigenvalue weighted by Gasteiger charge is -2.13. The number of fused-ring (bicyclic) bond motifs is 1. The molecule has 1 saturated heterocycles. The molecule has 7 heteroatoms. The largest absolute Gasteiger partial charge is 0.496 e. The summed E-state index contributed by atoms with van der Waals surface area (Å²) in [6, 6.07) is 10.7. The number of halogens is 1. The Hall–Kier alpha value is -1.34. The monoisotopic (exact) mass is 370 g/mol. The lowest BCUT2D eigenvalue weighted by molar-refractivity contribution is 0.419. The maximum absolute atomic E-state index is 12.7. The van der Waals surface area contributed by atoms with E-state index < -0.39 is 10.0 Å². The SMILES string of the molecule is COc1ccc(S(=O)(=O)NCCC2CCNC2)c2ccccc12.Cl. The predicted molar refractivity (Wildman–Crippen MR) is 98.5 cm³/mol.